The number of Topliss-reactive ketones (excluding diaryl/α,β-unsaturated/α-hetero) is 1. The van der Waals surface area contributed by atoms with Crippen LogP contribution in [-0.4, -0.2) is 16.9 Å². The molecule has 5 heteroatoms. The molecule has 20 heavy (non-hydrogen) atoms. The molecule has 0 atom stereocenters. The Hall–Kier alpha value is -1.98. The van der Waals surface area contributed by atoms with E-state index in [1.807, 2.05) is 18.2 Å². The van der Waals surface area contributed by atoms with Crippen molar-refractivity contribution in [2.75, 3.05) is 0 Å². The van der Waals surface area contributed by atoms with Crippen LogP contribution in [0.4, 0.5) is 0 Å². The van der Waals surface area contributed by atoms with Crippen molar-refractivity contribution in [1.29, 1.82) is 0 Å². The maximum atomic E-state index is 11.7. The highest BCUT2D eigenvalue weighted by Crippen LogP contribution is 2.37. The van der Waals surface area contributed by atoms with Gasteiger partial charge in [0.05, 0.1) is 4.88 Å². The van der Waals surface area contributed by atoms with Gasteiger partial charge in [-0.15, -0.1) is 22.7 Å². The van der Waals surface area contributed by atoms with Crippen molar-refractivity contribution in [2.24, 2.45) is 0 Å². The first-order chi connectivity index (χ1) is 9.65. The number of thiophene rings is 2. The number of hydrogen-bond donors (Lipinski definition) is 1. The summed E-state index contributed by atoms with van der Waals surface area (Å²) in [6.45, 7) is 0. The van der Waals surface area contributed by atoms with E-state index in [1.165, 1.54) is 16.0 Å². The average molecular weight is 302 g/mol. The van der Waals surface area contributed by atoms with Gasteiger partial charge in [-0.3, -0.25) is 9.59 Å². The Labute approximate surface area is 123 Å². The minimum Gasteiger partial charge on any atom is -0.481 e. The van der Waals surface area contributed by atoms with Gasteiger partial charge in [-0.25, -0.2) is 0 Å². The quantitative estimate of drug-likeness (QED) is 0.578. The molecule has 2 heterocycles. The first kappa shape index (κ1) is 13.0. The Balaban J connectivity index is 1.98. The number of rotatable bonds is 4. The Morgan fingerprint density at radius 2 is 1.90 bits per heavy atom. The summed E-state index contributed by atoms with van der Waals surface area (Å²) in [6, 6.07) is 11.7. The van der Waals surface area contributed by atoms with Crippen LogP contribution in [0.2, 0.25) is 0 Å². The molecule has 0 bridgehead atoms. The molecular formula is C15H10O3S2. The smallest absolute Gasteiger partial charge is 0.311 e. The van der Waals surface area contributed by atoms with Gasteiger partial charge < -0.3 is 5.11 Å². The fourth-order valence-electron chi connectivity index (χ4n) is 2.03. The van der Waals surface area contributed by atoms with Gasteiger partial charge >= 0.3 is 5.97 Å². The van der Waals surface area contributed by atoms with E-state index in [1.54, 1.807) is 17.4 Å². The van der Waals surface area contributed by atoms with E-state index in [0.29, 0.717) is 4.88 Å². The van der Waals surface area contributed by atoms with E-state index >= 15 is 0 Å². The molecule has 1 N–H and O–H groups in total. The van der Waals surface area contributed by atoms with E-state index in [4.69, 9.17) is 5.11 Å². The van der Waals surface area contributed by atoms with Crippen molar-refractivity contribution in [1.82, 2.24) is 0 Å². The zero-order valence-corrected chi connectivity index (χ0v) is 12.0. The minimum absolute atomic E-state index is 0.340. The van der Waals surface area contributed by atoms with Gasteiger partial charge in [0, 0.05) is 25.9 Å². The summed E-state index contributed by atoms with van der Waals surface area (Å²) in [5.41, 5.74) is 1.10. The number of fused-ring (bicyclic) bond motifs is 1. The Bertz CT molecular complexity index is 798. The van der Waals surface area contributed by atoms with Gasteiger partial charge in [0.25, 0.3) is 0 Å². The van der Waals surface area contributed by atoms with Crippen molar-refractivity contribution in [3.63, 3.8) is 0 Å². The number of ketones is 1. The second kappa shape index (κ2) is 5.19. The molecule has 0 aliphatic rings. The van der Waals surface area contributed by atoms with Gasteiger partial charge in [-0.2, -0.15) is 0 Å². The molecule has 0 aliphatic heterocycles. The molecule has 3 aromatic rings. The number of carboxylic acids is 1. The normalized spacial score (nSPS) is 10.8. The lowest BCUT2D eigenvalue weighted by Gasteiger charge is -1.95. The highest BCUT2D eigenvalue weighted by Gasteiger charge is 2.15. The predicted molar refractivity (Wildman–Crippen MR) is 81.7 cm³/mol. The summed E-state index contributed by atoms with van der Waals surface area (Å²) in [7, 11) is 0. The maximum absolute atomic E-state index is 11.7. The summed E-state index contributed by atoms with van der Waals surface area (Å²) in [6.07, 6.45) is -0.454. The molecule has 3 nitrogen and oxygen atoms in total. The van der Waals surface area contributed by atoms with Crippen molar-refractivity contribution in [3.8, 4) is 10.4 Å². The monoisotopic (exact) mass is 302 g/mol. The molecule has 0 saturated heterocycles. The summed E-state index contributed by atoms with van der Waals surface area (Å²) in [5.74, 6) is -1.43. The summed E-state index contributed by atoms with van der Waals surface area (Å²) in [4.78, 5) is 23.8. The Morgan fingerprint density at radius 3 is 2.70 bits per heavy atom. The molecule has 0 fully saturated rings. The zero-order chi connectivity index (χ0) is 14.1. The van der Waals surface area contributed by atoms with Gasteiger partial charge in [0.15, 0.2) is 5.78 Å². The van der Waals surface area contributed by atoms with Crippen LogP contribution in [0, 0.1) is 0 Å². The van der Waals surface area contributed by atoms with Crippen LogP contribution in [0.5, 0.6) is 0 Å². The number of hydrogen-bond acceptors (Lipinski definition) is 4. The average Bonchev–Trinajstić information content (AvgIpc) is 3.04. The van der Waals surface area contributed by atoms with Crippen molar-refractivity contribution in [3.05, 3.63) is 46.7 Å². The third-order valence-corrected chi connectivity index (χ3v) is 5.06. The lowest BCUT2D eigenvalue weighted by molar-refractivity contribution is -0.135. The third kappa shape index (κ3) is 2.37. The molecule has 3 rings (SSSR count). The summed E-state index contributed by atoms with van der Waals surface area (Å²) < 4.78 is 1.20. The van der Waals surface area contributed by atoms with Crippen molar-refractivity contribution >= 4 is 44.5 Å². The number of carbonyl (C=O) groups excluding carboxylic acids is 1. The Kier molecular flexibility index (Phi) is 3.38. The number of aliphatic carboxylic acids is 1. The first-order valence-electron chi connectivity index (χ1n) is 5.96. The molecule has 100 valence electrons. The van der Waals surface area contributed by atoms with E-state index in [-0.39, 0.29) is 5.78 Å². The number of benzene rings is 1. The highest BCUT2D eigenvalue weighted by atomic mass is 32.1. The van der Waals surface area contributed by atoms with E-state index < -0.39 is 12.4 Å². The number of carboxylic acid groups (broad SMARTS) is 1. The molecule has 0 unspecified atom stereocenters. The van der Waals surface area contributed by atoms with E-state index in [9.17, 15) is 9.59 Å². The fraction of sp³-hybridized carbons (Fsp3) is 0.0667. The molecular weight excluding hydrogens is 292 g/mol. The maximum Gasteiger partial charge on any atom is 0.311 e. The highest BCUT2D eigenvalue weighted by molar-refractivity contribution is 7.20. The van der Waals surface area contributed by atoms with E-state index in [2.05, 4.69) is 17.5 Å². The predicted octanol–water partition coefficient (Wildman–Crippen LogP) is 4.29. The van der Waals surface area contributed by atoms with Crippen LogP contribution in [0.15, 0.2) is 41.8 Å². The summed E-state index contributed by atoms with van der Waals surface area (Å²) >= 11 is 3.01. The van der Waals surface area contributed by atoms with Crippen LogP contribution in [0.3, 0.4) is 0 Å². The fourth-order valence-corrected chi connectivity index (χ4v) is 4.03. The van der Waals surface area contributed by atoms with Crippen LogP contribution >= 0.6 is 22.7 Å². The van der Waals surface area contributed by atoms with Crippen LogP contribution in [-0.2, 0) is 4.79 Å². The SMILES string of the molecule is O=C(O)CC(=O)c1ccc(-c2csc3ccccc23)s1. The molecule has 0 spiro atoms. The zero-order valence-electron chi connectivity index (χ0n) is 10.3. The molecule has 0 saturated carbocycles. The van der Waals surface area contributed by atoms with Gasteiger partial charge in [0.2, 0.25) is 0 Å². The second-order valence-electron chi connectivity index (χ2n) is 4.30. The standard InChI is InChI=1S/C15H10O3S2/c16-11(7-15(17)18)14-6-5-13(20-14)10-8-19-12-4-2-1-3-9(10)12/h1-6,8H,7H2,(H,17,18). The molecule has 0 amide bonds. The lowest BCUT2D eigenvalue weighted by Crippen LogP contribution is -2.04. The second-order valence-corrected chi connectivity index (χ2v) is 6.30. The molecule has 0 radical (unpaired) electrons. The topological polar surface area (TPSA) is 54.4 Å². The van der Waals surface area contributed by atoms with Crippen molar-refractivity contribution < 1.29 is 14.7 Å². The largest absolute Gasteiger partial charge is 0.481 e. The van der Waals surface area contributed by atoms with Gasteiger partial charge in [-0.1, -0.05) is 18.2 Å². The first-order valence-corrected chi connectivity index (χ1v) is 7.66. The Morgan fingerprint density at radius 1 is 1.10 bits per heavy atom. The molecule has 1 aromatic carbocycles. The van der Waals surface area contributed by atoms with Crippen LogP contribution < -0.4 is 0 Å². The van der Waals surface area contributed by atoms with Gasteiger partial charge in [0.1, 0.15) is 6.42 Å². The van der Waals surface area contributed by atoms with Crippen LogP contribution in [0.25, 0.3) is 20.5 Å². The lowest BCUT2D eigenvalue weighted by atomic mass is 10.1. The minimum atomic E-state index is -1.09. The van der Waals surface area contributed by atoms with E-state index in [0.717, 1.165) is 15.8 Å². The van der Waals surface area contributed by atoms with Gasteiger partial charge in [-0.05, 0) is 18.2 Å². The van der Waals surface area contributed by atoms with Crippen LogP contribution in [0.1, 0.15) is 16.1 Å². The number of carbonyl (C=O) groups is 2. The molecule has 0 aliphatic carbocycles. The van der Waals surface area contributed by atoms with Crippen molar-refractivity contribution in [2.45, 2.75) is 6.42 Å². The summed E-state index contributed by atoms with van der Waals surface area (Å²) in [5, 5.41) is 11.9. The third-order valence-electron chi connectivity index (χ3n) is 2.94. The molecule has 2 aromatic heterocycles.